The fourth-order valence-corrected chi connectivity index (χ4v) is 5.11. The van der Waals surface area contributed by atoms with Crippen molar-refractivity contribution in [1.82, 2.24) is 9.80 Å². The standard InChI is InChI=1S/C28H36N2O3/c1-23-29(18-19-30(23)22-24-12-6-4-7-13-24)20-21-33-27(31)28(32,26-16-10-5-11-17-26)25-14-8-2-3-9-15-25/h4-7,10-13,16-19,23,25,32H,2-3,8-9,14-15,20-22H2,1H3. The molecule has 0 spiro atoms. The highest BCUT2D eigenvalue weighted by molar-refractivity contribution is 5.81. The lowest BCUT2D eigenvalue weighted by Crippen LogP contribution is -2.45. The molecule has 1 aliphatic heterocycles. The van der Waals surface area contributed by atoms with Gasteiger partial charge in [-0.1, -0.05) is 86.3 Å². The van der Waals surface area contributed by atoms with Crippen molar-refractivity contribution in [2.75, 3.05) is 13.2 Å². The zero-order chi connectivity index (χ0) is 23.1. The second-order valence-electron chi connectivity index (χ2n) is 9.28. The van der Waals surface area contributed by atoms with E-state index >= 15 is 0 Å². The van der Waals surface area contributed by atoms with Gasteiger partial charge in [-0.2, -0.15) is 0 Å². The number of aliphatic hydroxyl groups is 1. The second-order valence-corrected chi connectivity index (χ2v) is 9.28. The molecule has 1 fully saturated rings. The van der Waals surface area contributed by atoms with E-state index in [1.54, 1.807) is 0 Å². The fraction of sp³-hybridized carbons (Fsp3) is 0.464. The molecule has 0 saturated heterocycles. The Kier molecular flexibility index (Phi) is 7.71. The van der Waals surface area contributed by atoms with Crippen LogP contribution in [0.2, 0.25) is 0 Å². The van der Waals surface area contributed by atoms with E-state index in [1.165, 1.54) is 5.56 Å². The van der Waals surface area contributed by atoms with Crippen LogP contribution in [0.4, 0.5) is 0 Å². The van der Waals surface area contributed by atoms with Crippen molar-refractivity contribution in [2.45, 2.75) is 63.8 Å². The van der Waals surface area contributed by atoms with E-state index in [2.05, 4.69) is 53.4 Å². The smallest absolute Gasteiger partial charge is 0.343 e. The van der Waals surface area contributed by atoms with Crippen molar-refractivity contribution in [1.29, 1.82) is 0 Å². The summed E-state index contributed by atoms with van der Waals surface area (Å²) in [4.78, 5) is 17.8. The quantitative estimate of drug-likeness (QED) is 0.454. The zero-order valence-electron chi connectivity index (χ0n) is 19.6. The third kappa shape index (κ3) is 5.41. The van der Waals surface area contributed by atoms with Crippen LogP contribution >= 0.6 is 0 Å². The molecule has 0 amide bonds. The number of benzene rings is 2. The highest BCUT2D eigenvalue weighted by Gasteiger charge is 2.46. The average molecular weight is 449 g/mol. The van der Waals surface area contributed by atoms with Crippen LogP contribution in [0.1, 0.15) is 56.6 Å². The molecule has 2 unspecified atom stereocenters. The van der Waals surface area contributed by atoms with Gasteiger partial charge in [0.25, 0.3) is 0 Å². The highest BCUT2D eigenvalue weighted by atomic mass is 16.5. The van der Waals surface area contributed by atoms with E-state index < -0.39 is 11.6 Å². The highest BCUT2D eigenvalue weighted by Crippen LogP contribution is 2.39. The first-order valence-corrected chi connectivity index (χ1v) is 12.3. The van der Waals surface area contributed by atoms with Crippen LogP contribution in [0.5, 0.6) is 0 Å². The van der Waals surface area contributed by atoms with Crippen molar-refractivity contribution in [3.8, 4) is 0 Å². The van der Waals surface area contributed by atoms with Gasteiger partial charge in [-0.15, -0.1) is 0 Å². The Hall–Kier alpha value is -2.79. The first-order valence-electron chi connectivity index (χ1n) is 12.3. The van der Waals surface area contributed by atoms with E-state index in [0.717, 1.165) is 45.1 Å². The van der Waals surface area contributed by atoms with E-state index in [-0.39, 0.29) is 18.7 Å². The van der Waals surface area contributed by atoms with Gasteiger partial charge in [0.05, 0.1) is 12.7 Å². The fourth-order valence-electron chi connectivity index (χ4n) is 5.11. The summed E-state index contributed by atoms with van der Waals surface area (Å²) in [6.45, 7) is 3.82. The Bertz CT molecular complexity index is 909. The molecule has 33 heavy (non-hydrogen) atoms. The number of esters is 1. The first-order chi connectivity index (χ1) is 16.1. The number of carbonyl (C=O) groups is 1. The van der Waals surface area contributed by atoms with Crippen molar-refractivity contribution >= 4 is 5.97 Å². The molecule has 0 bridgehead atoms. The molecule has 5 nitrogen and oxygen atoms in total. The minimum Gasteiger partial charge on any atom is -0.461 e. The van der Waals surface area contributed by atoms with Crippen LogP contribution in [-0.2, 0) is 21.7 Å². The van der Waals surface area contributed by atoms with Crippen molar-refractivity contribution in [2.24, 2.45) is 5.92 Å². The average Bonchev–Trinajstić information content (AvgIpc) is 3.04. The molecule has 4 rings (SSSR count). The summed E-state index contributed by atoms with van der Waals surface area (Å²) in [6, 6.07) is 19.7. The van der Waals surface area contributed by atoms with Crippen LogP contribution in [0.15, 0.2) is 73.1 Å². The molecule has 1 heterocycles. The van der Waals surface area contributed by atoms with Crippen molar-refractivity contribution < 1.29 is 14.6 Å². The van der Waals surface area contributed by atoms with E-state index in [9.17, 15) is 9.90 Å². The summed E-state index contributed by atoms with van der Waals surface area (Å²) in [5, 5.41) is 11.7. The lowest BCUT2D eigenvalue weighted by atomic mass is 9.77. The summed E-state index contributed by atoms with van der Waals surface area (Å²) in [5.74, 6) is -0.626. The van der Waals surface area contributed by atoms with E-state index in [0.29, 0.717) is 12.1 Å². The van der Waals surface area contributed by atoms with Gasteiger partial charge >= 0.3 is 5.97 Å². The number of hydrogen-bond donors (Lipinski definition) is 1. The van der Waals surface area contributed by atoms with Crippen LogP contribution in [0, 0.1) is 5.92 Å². The van der Waals surface area contributed by atoms with Crippen molar-refractivity contribution in [3.63, 3.8) is 0 Å². The topological polar surface area (TPSA) is 53.0 Å². The summed E-state index contributed by atoms with van der Waals surface area (Å²) in [5.41, 5.74) is 0.321. The minimum atomic E-state index is -1.59. The third-order valence-corrected chi connectivity index (χ3v) is 7.17. The van der Waals surface area contributed by atoms with Gasteiger partial charge in [-0.25, -0.2) is 4.79 Å². The summed E-state index contributed by atoms with van der Waals surface area (Å²) in [6.07, 6.45) is 10.4. The lowest BCUT2D eigenvalue weighted by Gasteiger charge is -2.34. The van der Waals surface area contributed by atoms with E-state index in [1.807, 2.05) is 36.4 Å². The Morgan fingerprint density at radius 3 is 2.21 bits per heavy atom. The van der Waals surface area contributed by atoms with Crippen molar-refractivity contribution in [3.05, 3.63) is 84.2 Å². The molecule has 1 N–H and O–H groups in total. The van der Waals surface area contributed by atoms with Gasteiger partial charge in [-0.3, -0.25) is 0 Å². The van der Waals surface area contributed by atoms with Gasteiger partial charge in [0, 0.05) is 24.9 Å². The van der Waals surface area contributed by atoms with Gasteiger partial charge in [0.2, 0.25) is 0 Å². The molecule has 176 valence electrons. The molecular formula is C28H36N2O3. The maximum Gasteiger partial charge on any atom is 0.343 e. The van der Waals surface area contributed by atoms with Crippen LogP contribution < -0.4 is 0 Å². The molecule has 2 aromatic rings. The Balaban J connectivity index is 1.36. The number of hydrogen-bond acceptors (Lipinski definition) is 5. The predicted molar refractivity (Wildman–Crippen MR) is 130 cm³/mol. The normalized spacial score (nSPS) is 21.0. The third-order valence-electron chi connectivity index (χ3n) is 7.17. The molecule has 5 heteroatoms. The van der Waals surface area contributed by atoms with Crippen LogP contribution in [0.25, 0.3) is 0 Å². The summed E-state index contributed by atoms with van der Waals surface area (Å²) >= 11 is 0. The largest absolute Gasteiger partial charge is 0.461 e. The molecule has 2 aromatic carbocycles. The van der Waals surface area contributed by atoms with Crippen LogP contribution in [0.3, 0.4) is 0 Å². The Morgan fingerprint density at radius 2 is 1.55 bits per heavy atom. The lowest BCUT2D eigenvalue weighted by molar-refractivity contribution is -0.175. The minimum absolute atomic E-state index is 0.109. The molecule has 2 atom stereocenters. The van der Waals surface area contributed by atoms with E-state index in [4.69, 9.17) is 4.74 Å². The van der Waals surface area contributed by atoms with Gasteiger partial charge < -0.3 is 19.6 Å². The summed E-state index contributed by atoms with van der Waals surface area (Å²) < 4.78 is 5.74. The summed E-state index contributed by atoms with van der Waals surface area (Å²) in [7, 11) is 0. The molecule has 0 radical (unpaired) electrons. The number of carbonyl (C=O) groups excluding carboxylic acids is 1. The Morgan fingerprint density at radius 1 is 0.939 bits per heavy atom. The van der Waals surface area contributed by atoms with Gasteiger partial charge in [0.15, 0.2) is 5.60 Å². The molecular weight excluding hydrogens is 412 g/mol. The molecule has 0 aromatic heterocycles. The molecule has 1 saturated carbocycles. The number of nitrogens with zero attached hydrogens (tertiary/aromatic N) is 2. The Labute approximate surface area is 197 Å². The number of ether oxygens (including phenoxy) is 1. The predicted octanol–water partition coefficient (Wildman–Crippen LogP) is 5.02. The molecule has 1 aliphatic carbocycles. The van der Waals surface area contributed by atoms with Crippen LogP contribution in [-0.4, -0.2) is 40.2 Å². The molecule has 2 aliphatic rings. The maximum atomic E-state index is 13.3. The zero-order valence-corrected chi connectivity index (χ0v) is 19.6. The monoisotopic (exact) mass is 448 g/mol. The SMILES string of the molecule is CC1N(CCOC(=O)C(O)(c2ccccc2)C2CCCCCC2)C=CN1Cc1ccccc1. The maximum absolute atomic E-state index is 13.3. The number of rotatable bonds is 8. The second kappa shape index (κ2) is 10.9. The first kappa shape index (κ1) is 23.4. The van der Waals surface area contributed by atoms with Gasteiger partial charge in [-0.05, 0) is 30.9 Å². The van der Waals surface area contributed by atoms with Gasteiger partial charge in [0.1, 0.15) is 6.61 Å².